The molecule has 1 saturated heterocycles. The van der Waals surface area contributed by atoms with Gasteiger partial charge in [-0.05, 0) is 53.9 Å². The molecule has 2 aromatic carbocycles. The number of carbonyl (C=O) groups excluding carboxylic acids is 1. The molecule has 0 atom stereocenters. The summed E-state index contributed by atoms with van der Waals surface area (Å²) in [6, 6.07) is 15.3. The van der Waals surface area contributed by atoms with Crippen LogP contribution in [-0.2, 0) is 24.2 Å². The fourth-order valence-electron chi connectivity index (χ4n) is 5.64. The minimum absolute atomic E-state index is 0.161. The van der Waals surface area contributed by atoms with Gasteiger partial charge < -0.3 is 24.1 Å². The van der Waals surface area contributed by atoms with Crippen molar-refractivity contribution in [3.05, 3.63) is 93.7 Å². The molecule has 10 nitrogen and oxygen atoms in total. The second-order valence-corrected chi connectivity index (χ2v) is 10.5. The fraction of sp³-hybridized carbons (Fsp3) is 0.344. The topological polar surface area (TPSA) is 102 Å². The van der Waals surface area contributed by atoms with Gasteiger partial charge in [-0.2, -0.15) is 0 Å². The Morgan fingerprint density at radius 2 is 1.90 bits per heavy atom. The number of pyridine rings is 1. The van der Waals surface area contributed by atoms with Crippen molar-refractivity contribution in [1.29, 1.82) is 0 Å². The lowest BCUT2D eigenvalue weighted by Gasteiger charge is -2.28. The molecular weight excluding hydrogens is 534 g/mol. The Morgan fingerprint density at radius 3 is 2.71 bits per heavy atom. The maximum atomic E-state index is 14.0. The summed E-state index contributed by atoms with van der Waals surface area (Å²) < 4.78 is 19.4. The molecule has 1 N–H and O–H groups in total. The van der Waals surface area contributed by atoms with Crippen LogP contribution in [0.4, 0.5) is 0 Å². The maximum Gasteiger partial charge on any atom is 0.256 e. The van der Waals surface area contributed by atoms with Crippen molar-refractivity contribution in [3.8, 4) is 28.6 Å². The Bertz CT molecular complexity index is 1640. The number of benzene rings is 2. The molecule has 4 bridgehead atoms. The Balaban J connectivity index is 1.46. The van der Waals surface area contributed by atoms with Gasteiger partial charge in [-0.3, -0.25) is 19.1 Å². The summed E-state index contributed by atoms with van der Waals surface area (Å²) in [7, 11) is 1.61. The molecule has 218 valence electrons. The zero-order valence-corrected chi connectivity index (χ0v) is 24.0. The van der Waals surface area contributed by atoms with Gasteiger partial charge in [-0.15, -0.1) is 0 Å². The molecule has 0 spiro atoms. The van der Waals surface area contributed by atoms with Gasteiger partial charge in [0.05, 0.1) is 32.4 Å². The van der Waals surface area contributed by atoms with Gasteiger partial charge in [0.1, 0.15) is 12.4 Å². The van der Waals surface area contributed by atoms with Crippen LogP contribution in [0.1, 0.15) is 34.1 Å². The number of carbonyl (C=O) groups is 1. The van der Waals surface area contributed by atoms with E-state index in [-0.39, 0.29) is 18.1 Å². The highest BCUT2D eigenvalue weighted by atomic mass is 16.5. The maximum absolute atomic E-state index is 14.0. The number of hydrogen-bond acceptors (Lipinski definition) is 7. The molecule has 10 heteroatoms. The number of fused-ring (bicyclic) bond motifs is 7. The molecule has 42 heavy (non-hydrogen) atoms. The number of imidazole rings is 1. The molecule has 1 amide bonds. The van der Waals surface area contributed by atoms with Gasteiger partial charge in [-0.1, -0.05) is 13.0 Å². The van der Waals surface area contributed by atoms with Crippen LogP contribution in [0.2, 0.25) is 0 Å². The summed E-state index contributed by atoms with van der Waals surface area (Å²) in [5.74, 6) is 1.80. The number of morpholine rings is 1. The number of aryl methyl sites for hydroxylation is 1. The van der Waals surface area contributed by atoms with Crippen LogP contribution in [0.25, 0.3) is 17.1 Å². The van der Waals surface area contributed by atoms with Gasteiger partial charge in [0.2, 0.25) is 5.56 Å². The van der Waals surface area contributed by atoms with Gasteiger partial charge in [0, 0.05) is 61.6 Å². The zero-order valence-electron chi connectivity index (χ0n) is 24.0. The fourth-order valence-corrected chi connectivity index (χ4v) is 5.64. The van der Waals surface area contributed by atoms with Crippen LogP contribution in [0.5, 0.6) is 11.5 Å². The molecule has 0 aliphatic carbocycles. The standard InChI is InChI=1S/C32H35N5O5/c1-3-27-26(5-7-30(38)34-27)32(39)36-12-15-42-29-19-24(4-6-28(29)40-2)31-33-8-9-37(31)25-17-22(16-23(18-25)21-36)20-35-10-13-41-14-11-35/h4-9,16-19H,3,10-15,20-21H2,1-2H3,(H,34,38). The van der Waals surface area contributed by atoms with E-state index in [9.17, 15) is 9.59 Å². The minimum atomic E-state index is -0.222. The highest BCUT2D eigenvalue weighted by Gasteiger charge is 2.22. The first-order chi connectivity index (χ1) is 20.5. The first-order valence-corrected chi connectivity index (χ1v) is 14.3. The van der Waals surface area contributed by atoms with Crippen LogP contribution >= 0.6 is 0 Å². The normalized spacial score (nSPS) is 15.5. The second-order valence-electron chi connectivity index (χ2n) is 10.5. The number of nitrogens with one attached hydrogen (secondary N) is 1. The van der Waals surface area contributed by atoms with E-state index < -0.39 is 0 Å². The highest BCUT2D eigenvalue weighted by molar-refractivity contribution is 5.95. The van der Waals surface area contributed by atoms with Crippen molar-refractivity contribution in [3.63, 3.8) is 0 Å². The number of rotatable bonds is 5. The smallest absolute Gasteiger partial charge is 0.256 e. The summed E-state index contributed by atoms with van der Waals surface area (Å²) in [6.07, 6.45) is 4.28. The molecule has 1 fully saturated rings. The number of hydrogen-bond donors (Lipinski definition) is 1. The molecule has 2 aliphatic heterocycles. The van der Waals surface area contributed by atoms with Crippen molar-refractivity contribution >= 4 is 5.91 Å². The van der Waals surface area contributed by atoms with E-state index in [1.807, 2.05) is 31.3 Å². The van der Waals surface area contributed by atoms with Crippen LogP contribution in [-0.4, -0.2) is 76.8 Å². The van der Waals surface area contributed by atoms with Crippen molar-refractivity contribution in [2.75, 3.05) is 46.6 Å². The van der Waals surface area contributed by atoms with E-state index in [4.69, 9.17) is 19.2 Å². The van der Waals surface area contributed by atoms with Crippen molar-refractivity contribution < 1.29 is 19.0 Å². The first-order valence-electron chi connectivity index (χ1n) is 14.3. The molecular formula is C32H35N5O5. The molecule has 2 aromatic heterocycles. The quantitative estimate of drug-likeness (QED) is 0.391. The monoisotopic (exact) mass is 569 g/mol. The lowest BCUT2D eigenvalue weighted by Crippen LogP contribution is -2.36. The number of amides is 1. The second kappa shape index (κ2) is 12.2. The van der Waals surface area contributed by atoms with Gasteiger partial charge >= 0.3 is 0 Å². The molecule has 4 heterocycles. The molecule has 4 aromatic rings. The van der Waals surface area contributed by atoms with Crippen molar-refractivity contribution in [2.45, 2.75) is 26.4 Å². The SMILES string of the molecule is CCc1[nH]c(=O)ccc1C(=O)N1CCOc2cc(ccc2OC)-c2nccn2-c2cc(CN3CCOCC3)cc(c2)C1. The third-order valence-corrected chi connectivity index (χ3v) is 7.75. The summed E-state index contributed by atoms with van der Waals surface area (Å²) in [5, 5.41) is 0. The highest BCUT2D eigenvalue weighted by Crippen LogP contribution is 2.33. The molecule has 6 rings (SSSR count). The van der Waals surface area contributed by atoms with Crippen LogP contribution in [0.3, 0.4) is 0 Å². The van der Waals surface area contributed by atoms with Gasteiger partial charge in [-0.25, -0.2) is 4.98 Å². The van der Waals surface area contributed by atoms with Crippen LogP contribution in [0, 0.1) is 0 Å². The lowest BCUT2D eigenvalue weighted by atomic mass is 10.1. The zero-order chi connectivity index (χ0) is 29.1. The third-order valence-electron chi connectivity index (χ3n) is 7.75. The van der Waals surface area contributed by atoms with Gasteiger partial charge in [0.25, 0.3) is 5.91 Å². The average molecular weight is 570 g/mol. The van der Waals surface area contributed by atoms with Crippen molar-refractivity contribution in [1.82, 2.24) is 24.3 Å². The van der Waals surface area contributed by atoms with Crippen LogP contribution in [0.15, 0.2) is 65.7 Å². The average Bonchev–Trinajstić information content (AvgIpc) is 3.50. The van der Waals surface area contributed by atoms with E-state index in [2.05, 4.69) is 32.7 Å². The van der Waals surface area contributed by atoms with E-state index in [1.54, 1.807) is 24.3 Å². The summed E-state index contributed by atoms with van der Waals surface area (Å²) in [4.78, 5) is 37.7. The molecule has 0 unspecified atom stereocenters. The van der Waals surface area contributed by atoms with E-state index in [1.165, 1.54) is 6.07 Å². The van der Waals surface area contributed by atoms with E-state index >= 15 is 0 Å². The van der Waals surface area contributed by atoms with Gasteiger partial charge in [0.15, 0.2) is 11.5 Å². The summed E-state index contributed by atoms with van der Waals surface area (Å²) in [5.41, 5.74) is 4.89. The van der Waals surface area contributed by atoms with Crippen LogP contribution < -0.4 is 15.0 Å². The number of nitrogens with zero attached hydrogens (tertiary/aromatic N) is 4. The predicted octanol–water partition coefficient (Wildman–Crippen LogP) is 3.67. The van der Waals surface area contributed by atoms with E-state index in [0.717, 1.165) is 61.1 Å². The number of aromatic amines is 1. The van der Waals surface area contributed by atoms with E-state index in [0.29, 0.717) is 42.3 Å². The number of H-pyrrole nitrogens is 1. The number of ether oxygens (including phenoxy) is 3. The first kappa shape index (κ1) is 27.7. The molecule has 2 aliphatic rings. The Hall–Kier alpha value is -4.41. The Labute approximate surface area is 244 Å². The number of methoxy groups -OCH3 is 1. The Kier molecular flexibility index (Phi) is 8.07. The number of aromatic nitrogens is 3. The summed E-state index contributed by atoms with van der Waals surface area (Å²) >= 11 is 0. The predicted molar refractivity (Wildman–Crippen MR) is 158 cm³/mol. The summed E-state index contributed by atoms with van der Waals surface area (Å²) in [6.45, 7) is 6.85. The Morgan fingerprint density at radius 1 is 1.05 bits per heavy atom. The lowest BCUT2D eigenvalue weighted by molar-refractivity contribution is 0.0341. The largest absolute Gasteiger partial charge is 0.493 e. The third kappa shape index (κ3) is 5.81. The molecule has 0 radical (unpaired) electrons. The molecule has 0 saturated carbocycles. The van der Waals surface area contributed by atoms with Crippen molar-refractivity contribution in [2.24, 2.45) is 0 Å². The minimum Gasteiger partial charge on any atom is -0.493 e.